The number of hydrogen-bond donors (Lipinski definition) is 1. The molecule has 0 aliphatic carbocycles. The van der Waals surface area contributed by atoms with Crippen molar-refractivity contribution in [1.82, 2.24) is 4.90 Å². The van der Waals surface area contributed by atoms with Gasteiger partial charge in [0.1, 0.15) is 11.8 Å². The number of carbonyl (C=O) groups excluding carboxylic acids is 1. The van der Waals surface area contributed by atoms with Crippen LogP contribution in [0.25, 0.3) is 0 Å². The van der Waals surface area contributed by atoms with E-state index in [4.69, 9.17) is 10.5 Å². The topological polar surface area (TPSA) is 58.8 Å². The molecule has 1 amide bonds. The van der Waals surface area contributed by atoms with E-state index < -0.39 is 6.04 Å². The number of amides is 1. The molecule has 27 heavy (non-hydrogen) atoms. The maximum atomic E-state index is 12.7. The van der Waals surface area contributed by atoms with Crippen molar-refractivity contribution in [3.63, 3.8) is 0 Å². The number of piperazine rings is 1. The number of hydrogen-bond acceptors (Lipinski definition) is 4. The molecule has 7 heteroatoms. The summed E-state index contributed by atoms with van der Waals surface area (Å²) in [5.41, 5.74) is 9.33. The molecule has 2 aromatic carbocycles. The Morgan fingerprint density at radius 1 is 1.04 bits per heavy atom. The van der Waals surface area contributed by atoms with Gasteiger partial charge in [-0.1, -0.05) is 35.9 Å². The lowest BCUT2D eigenvalue weighted by Crippen LogP contribution is -2.51. The fourth-order valence-electron chi connectivity index (χ4n) is 3.11. The van der Waals surface area contributed by atoms with Crippen LogP contribution < -0.4 is 15.4 Å². The molecule has 1 saturated heterocycles. The van der Waals surface area contributed by atoms with Crippen molar-refractivity contribution in [1.29, 1.82) is 0 Å². The molecule has 5 nitrogen and oxygen atoms in total. The van der Waals surface area contributed by atoms with Crippen LogP contribution in [0.4, 0.5) is 5.69 Å². The Morgan fingerprint density at radius 3 is 2.26 bits per heavy atom. The third-order valence-corrected chi connectivity index (χ3v) is 4.71. The minimum absolute atomic E-state index is 0. The summed E-state index contributed by atoms with van der Waals surface area (Å²) in [5, 5.41) is 0. The maximum Gasteiger partial charge on any atom is 0.244 e. The molecule has 1 aliphatic rings. The molecule has 1 atom stereocenters. The summed E-state index contributed by atoms with van der Waals surface area (Å²) in [4.78, 5) is 16.8. The zero-order valence-corrected chi connectivity index (χ0v) is 17.3. The minimum Gasteiger partial charge on any atom is -0.497 e. The zero-order valence-electron chi connectivity index (χ0n) is 15.6. The molecule has 1 fully saturated rings. The molecule has 0 bridgehead atoms. The number of rotatable bonds is 4. The Balaban J connectivity index is 0.00000182. The molecule has 1 aliphatic heterocycles. The Labute approximate surface area is 173 Å². The van der Waals surface area contributed by atoms with Crippen LogP contribution in [0, 0.1) is 6.92 Å². The second-order valence-electron chi connectivity index (χ2n) is 6.40. The molecule has 1 heterocycles. The SMILES string of the molecule is COc1cccc(N2CCN(C(=O)C(N)c3ccc(C)cc3)CC2)c1.Cl.Cl. The predicted octanol–water partition coefficient (Wildman–Crippen LogP) is 3.20. The molecule has 0 spiro atoms. The van der Waals surface area contributed by atoms with Crippen LogP contribution in [0.3, 0.4) is 0 Å². The van der Waals surface area contributed by atoms with Gasteiger partial charge in [-0.2, -0.15) is 0 Å². The largest absolute Gasteiger partial charge is 0.497 e. The van der Waals surface area contributed by atoms with Crippen LogP contribution >= 0.6 is 24.8 Å². The van der Waals surface area contributed by atoms with Gasteiger partial charge in [-0.3, -0.25) is 4.79 Å². The van der Waals surface area contributed by atoms with E-state index in [-0.39, 0.29) is 30.7 Å². The highest BCUT2D eigenvalue weighted by Gasteiger charge is 2.26. The molecule has 148 valence electrons. The van der Waals surface area contributed by atoms with E-state index in [0.29, 0.717) is 13.1 Å². The Bertz CT molecular complexity index is 732. The van der Waals surface area contributed by atoms with Gasteiger partial charge in [-0.05, 0) is 24.6 Å². The smallest absolute Gasteiger partial charge is 0.244 e. The summed E-state index contributed by atoms with van der Waals surface area (Å²) in [6.45, 7) is 4.96. The number of ether oxygens (including phenoxy) is 1. The van der Waals surface area contributed by atoms with E-state index >= 15 is 0 Å². The van der Waals surface area contributed by atoms with Gasteiger partial charge in [0.05, 0.1) is 7.11 Å². The number of anilines is 1. The highest BCUT2D eigenvalue weighted by molar-refractivity contribution is 5.85. The first-order valence-electron chi connectivity index (χ1n) is 8.58. The monoisotopic (exact) mass is 411 g/mol. The number of benzene rings is 2. The fraction of sp³-hybridized carbons (Fsp3) is 0.350. The first-order chi connectivity index (χ1) is 12.1. The average molecular weight is 412 g/mol. The van der Waals surface area contributed by atoms with Crippen molar-refractivity contribution in [3.05, 3.63) is 59.7 Å². The lowest BCUT2D eigenvalue weighted by atomic mass is 10.0. The normalized spacial score (nSPS) is 14.6. The summed E-state index contributed by atoms with van der Waals surface area (Å²) >= 11 is 0. The number of carbonyl (C=O) groups is 1. The third-order valence-electron chi connectivity index (χ3n) is 4.71. The summed E-state index contributed by atoms with van der Waals surface area (Å²) in [7, 11) is 1.67. The molecular weight excluding hydrogens is 385 g/mol. The van der Waals surface area contributed by atoms with Crippen LogP contribution in [0.5, 0.6) is 5.75 Å². The van der Waals surface area contributed by atoms with Gasteiger partial charge in [-0.15, -0.1) is 24.8 Å². The van der Waals surface area contributed by atoms with Crippen LogP contribution in [0.15, 0.2) is 48.5 Å². The van der Waals surface area contributed by atoms with E-state index in [0.717, 1.165) is 35.7 Å². The van der Waals surface area contributed by atoms with Crippen molar-refractivity contribution < 1.29 is 9.53 Å². The quantitative estimate of drug-likeness (QED) is 0.838. The van der Waals surface area contributed by atoms with E-state index in [9.17, 15) is 4.79 Å². The number of halogens is 2. The maximum absolute atomic E-state index is 12.7. The average Bonchev–Trinajstić information content (AvgIpc) is 2.67. The number of aryl methyl sites for hydroxylation is 1. The van der Waals surface area contributed by atoms with Crippen molar-refractivity contribution in [2.24, 2.45) is 5.73 Å². The van der Waals surface area contributed by atoms with Crippen molar-refractivity contribution in [3.8, 4) is 5.75 Å². The first kappa shape index (κ1) is 23.1. The van der Waals surface area contributed by atoms with E-state index in [1.54, 1.807) is 7.11 Å². The zero-order chi connectivity index (χ0) is 17.8. The minimum atomic E-state index is -0.594. The molecule has 0 aromatic heterocycles. The summed E-state index contributed by atoms with van der Waals surface area (Å²) in [5.74, 6) is 0.839. The lowest BCUT2D eigenvalue weighted by molar-refractivity contribution is -0.133. The van der Waals surface area contributed by atoms with Crippen LogP contribution in [0.1, 0.15) is 17.2 Å². The Kier molecular flexibility index (Phi) is 8.89. The van der Waals surface area contributed by atoms with Crippen LogP contribution in [-0.4, -0.2) is 44.1 Å². The molecular formula is C20H27Cl2N3O2. The fourth-order valence-corrected chi connectivity index (χ4v) is 3.11. The second-order valence-corrected chi connectivity index (χ2v) is 6.40. The molecule has 2 N–H and O–H groups in total. The van der Waals surface area contributed by atoms with Gasteiger partial charge >= 0.3 is 0 Å². The molecule has 1 unspecified atom stereocenters. The molecule has 2 aromatic rings. The van der Waals surface area contributed by atoms with Gasteiger partial charge in [0.25, 0.3) is 0 Å². The summed E-state index contributed by atoms with van der Waals surface area (Å²) in [6, 6.07) is 15.3. The Morgan fingerprint density at radius 2 is 1.67 bits per heavy atom. The highest BCUT2D eigenvalue weighted by Crippen LogP contribution is 2.23. The van der Waals surface area contributed by atoms with Crippen molar-refractivity contribution >= 4 is 36.4 Å². The van der Waals surface area contributed by atoms with Gasteiger partial charge < -0.3 is 20.3 Å². The van der Waals surface area contributed by atoms with E-state index in [1.807, 2.05) is 54.3 Å². The van der Waals surface area contributed by atoms with E-state index in [1.165, 1.54) is 0 Å². The lowest BCUT2D eigenvalue weighted by Gasteiger charge is -2.37. The number of methoxy groups -OCH3 is 1. The summed E-state index contributed by atoms with van der Waals surface area (Å²) < 4.78 is 5.29. The molecule has 0 radical (unpaired) electrons. The van der Waals surface area contributed by atoms with Gasteiger partial charge in [0, 0.05) is 37.9 Å². The van der Waals surface area contributed by atoms with E-state index in [2.05, 4.69) is 11.0 Å². The summed E-state index contributed by atoms with van der Waals surface area (Å²) in [6.07, 6.45) is 0. The van der Waals surface area contributed by atoms with Gasteiger partial charge in [0.2, 0.25) is 5.91 Å². The van der Waals surface area contributed by atoms with Crippen molar-refractivity contribution in [2.75, 3.05) is 38.2 Å². The second kappa shape index (κ2) is 10.4. The van der Waals surface area contributed by atoms with Gasteiger partial charge in [-0.25, -0.2) is 0 Å². The highest BCUT2D eigenvalue weighted by atomic mass is 35.5. The Hall–Kier alpha value is -1.95. The first-order valence-corrected chi connectivity index (χ1v) is 8.58. The van der Waals surface area contributed by atoms with Crippen molar-refractivity contribution in [2.45, 2.75) is 13.0 Å². The third kappa shape index (κ3) is 5.51. The molecule has 3 rings (SSSR count). The number of nitrogens with zero attached hydrogens (tertiary/aromatic N) is 2. The standard InChI is InChI=1S/C20H25N3O2.2ClH/c1-15-6-8-16(9-7-15)19(21)20(24)23-12-10-22(11-13-23)17-4-3-5-18(14-17)25-2;;/h3-9,14,19H,10-13,21H2,1-2H3;2*1H. The van der Waals surface area contributed by atoms with Crippen LogP contribution in [0.2, 0.25) is 0 Å². The predicted molar refractivity (Wildman–Crippen MR) is 114 cm³/mol. The number of nitrogens with two attached hydrogens (primary N) is 1. The van der Waals surface area contributed by atoms with Crippen LogP contribution in [-0.2, 0) is 4.79 Å². The molecule has 0 saturated carbocycles. The van der Waals surface area contributed by atoms with Gasteiger partial charge in [0.15, 0.2) is 0 Å².